The van der Waals surface area contributed by atoms with E-state index in [1.807, 2.05) is 0 Å². The van der Waals surface area contributed by atoms with Crippen LogP contribution in [0.4, 0.5) is 0 Å². The highest BCUT2D eigenvalue weighted by molar-refractivity contribution is 8.14. The molecule has 1 amide bonds. The van der Waals surface area contributed by atoms with Crippen LogP contribution in [0.3, 0.4) is 0 Å². The van der Waals surface area contributed by atoms with Crippen LogP contribution < -0.4 is 0 Å². The lowest BCUT2D eigenvalue weighted by atomic mass is 10.2. The fraction of sp³-hybridized carbons (Fsp3) is 0.600. The number of nitriles is 1. The van der Waals surface area contributed by atoms with Gasteiger partial charge in [-0.2, -0.15) is 5.26 Å². The molecule has 0 spiro atoms. The van der Waals surface area contributed by atoms with Crippen molar-refractivity contribution >= 4 is 25.6 Å². The number of carbonyl (C=O) groups is 1. The van der Waals surface area contributed by atoms with Gasteiger partial charge in [-0.05, 0) is 19.3 Å². The Hall–Kier alpha value is -1.06. The summed E-state index contributed by atoms with van der Waals surface area (Å²) in [6.45, 7) is 0.0746. The van der Waals surface area contributed by atoms with Crippen molar-refractivity contribution in [1.29, 1.82) is 5.26 Å². The quantitative estimate of drug-likeness (QED) is 0.707. The molecule has 0 N–H and O–H groups in total. The molecule has 0 radical (unpaired) electrons. The van der Waals surface area contributed by atoms with Crippen LogP contribution in [-0.4, -0.2) is 31.0 Å². The fourth-order valence-electron chi connectivity index (χ4n) is 2.27. The van der Waals surface area contributed by atoms with Crippen molar-refractivity contribution < 1.29 is 13.2 Å². The van der Waals surface area contributed by atoms with E-state index < -0.39 is 14.3 Å². The molecular formula is C10H11ClN2O3S. The smallest absolute Gasteiger partial charge is 0.237 e. The zero-order valence-electron chi connectivity index (χ0n) is 9.02. The Kier molecular flexibility index (Phi) is 3.15. The number of allylic oxidation sites excluding steroid dienone is 2. The number of hydrogen-bond acceptors (Lipinski definition) is 4. The second kappa shape index (κ2) is 4.31. The lowest BCUT2D eigenvalue weighted by molar-refractivity contribution is -0.126. The van der Waals surface area contributed by atoms with Crippen molar-refractivity contribution in [3.8, 4) is 6.07 Å². The second-order valence-corrected chi connectivity index (χ2v) is 7.10. The first-order chi connectivity index (χ1) is 7.93. The molecule has 0 bridgehead atoms. The highest BCUT2D eigenvalue weighted by Crippen LogP contribution is 2.33. The van der Waals surface area contributed by atoms with Crippen molar-refractivity contribution in [1.82, 2.24) is 4.90 Å². The summed E-state index contributed by atoms with van der Waals surface area (Å²) >= 11 is 0. The molecule has 0 aromatic rings. The van der Waals surface area contributed by atoms with Gasteiger partial charge in [-0.15, -0.1) is 0 Å². The van der Waals surface area contributed by atoms with Crippen molar-refractivity contribution in [2.24, 2.45) is 0 Å². The number of nitrogens with zero attached hydrogens (tertiary/aromatic N) is 2. The van der Waals surface area contributed by atoms with Crippen molar-refractivity contribution in [3.05, 3.63) is 11.3 Å². The highest BCUT2D eigenvalue weighted by atomic mass is 35.7. The minimum atomic E-state index is -3.72. The van der Waals surface area contributed by atoms with Crippen LogP contribution in [0.2, 0.25) is 0 Å². The van der Waals surface area contributed by atoms with Gasteiger partial charge >= 0.3 is 0 Å². The van der Waals surface area contributed by atoms with E-state index in [9.17, 15) is 13.2 Å². The van der Waals surface area contributed by atoms with Gasteiger partial charge in [-0.3, -0.25) is 4.79 Å². The van der Waals surface area contributed by atoms with E-state index in [0.717, 1.165) is 6.42 Å². The van der Waals surface area contributed by atoms with E-state index in [-0.39, 0.29) is 18.9 Å². The molecular weight excluding hydrogens is 264 g/mol. The monoisotopic (exact) mass is 274 g/mol. The Bertz CT molecular complexity index is 532. The third-order valence-electron chi connectivity index (χ3n) is 3.14. The van der Waals surface area contributed by atoms with Crippen LogP contribution in [0.5, 0.6) is 0 Å². The first-order valence-electron chi connectivity index (χ1n) is 5.29. The first-order valence-corrected chi connectivity index (χ1v) is 7.66. The van der Waals surface area contributed by atoms with Crippen LogP contribution >= 0.6 is 10.7 Å². The van der Waals surface area contributed by atoms with E-state index >= 15 is 0 Å². The van der Waals surface area contributed by atoms with Gasteiger partial charge in [-0.1, -0.05) is 0 Å². The number of halogens is 1. The van der Waals surface area contributed by atoms with Gasteiger partial charge in [0.1, 0.15) is 5.25 Å². The predicted octanol–water partition coefficient (Wildman–Crippen LogP) is 1.12. The molecule has 17 heavy (non-hydrogen) atoms. The summed E-state index contributed by atoms with van der Waals surface area (Å²) in [4.78, 5) is 13.2. The first kappa shape index (κ1) is 12.4. The van der Waals surface area contributed by atoms with Crippen LogP contribution in [0.25, 0.3) is 0 Å². The summed E-state index contributed by atoms with van der Waals surface area (Å²) in [5, 5.41) is 8.06. The number of hydrogen-bond donors (Lipinski definition) is 0. The van der Waals surface area contributed by atoms with Gasteiger partial charge < -0.3 is 4.90 Å². The van der Waals surface area contributed by atoms with Gasteiger partial charge in [0.15, 0.2) is 0 Å². The standard InChI is InChI=1S/C10H11ClN2O3S/c11-17(15,16)8-4-10(14)13(6-8)9-3-1-2-7(9)5-12/h8H,1-4,6H2. The average Bonchev–Trinajstić information content (AvgIpc) is 2.81. The summed E-state index contributed by atoms with van der Waals surface area (Å²) in [5.74, 6) is -0.260. The average molecular weight is 275 g/mol. The normalized spacial score (nSPS) is 25.5. The maximum absolute atomic E-state index is 11.7. The highest BCUT2D eigenvalue weighted by Gasteiger charge is 2.40. The molecule has 1 unspecified atom stereocenters. The zero-order chi connectivity index (χ0) is 12.6. The molecule has 1 saturated heterocycles. The molecule has 1 aliphatic heterocycles. The van der Waals surface area contributed by atoms with Crippen molar-refractivity contribution in [3.63, 3.8) is 0 Å². The Labute approximate surface area is 104 Å². The topological polar surface area (TPSA) is 78.2 Å². The van der Waals surface area contributed by atoms with Crippen LogP contribution in [0.1, 0.15) is 25.7 Å². The molecule has 7 heteroatoms. The lowest BCUT2D eigenvalue weighted by Crippen LogP contribution is -2.26. The molecule has 92 valence electrons. The molecule has 1 aliphatic carbocycles. The van der Waals surface area contributed by atoms with Crippen LogP contribution in [0, 0.1) is 11.3 Å². The molecule has 5 nitrogen and oxygen atoms in total. The largest absolute Gasteiger partial charge is 0.314 e. The third kappa shape index (κ3) is 2.31. The Morgan fingerprint density at radius 2 is 2.12 bits per heavy atom. The summed E-state index contributed by atoms with van der Waals surface area (Å²) in [7, 11) is 1.54. The number of likely N-dealkylation sites (tertiary alicyclic amines) is 1. The number of amides is 1. The maximum atomic E-state index is 11.7. The Morgan fingerprint density at radius 1 is 1.41 bits per heavy atom. The minimum Gasteiger partial charge on any atom is -0.314 e. The van der Waals surface area contributed by atoms with Gasteiger partial charge in [0, 0.05) is 34.9 Å². The zero-order valence-corrected chi connectivity index (χ0v) is 10.6. The number of rotatable bonds is 2. The molecule has 2 rings (SSSR count). The summed E-state index contributed by atoms with van der Waals surface area (Å²) in [6, 6.07) is 2.07. The SMILES string of the molecule is N#CC1=C(N2CC(S(=O)(=O)Cl)CC2=O)CCC1. The van der Waals surface area contributed by atoms with Gasteiger partial charge in [0.2, 0.25) is 15.0 Å². The Balaban J connectivity index is 2.26. The van der Waals surface area contributed by atoms with E-state index in [1.54, 1.807) is 0 Å². The minimum absolute atomic E-state index is 0.0746. The maximum Gasteiger partial charge on any atom is 0.237 e. The second-order valence-electron chi connectivity index (χ2n) is 4.20. The van der Waals surface area contributed by atoms with E-state index in [2.05, 4.69) is 6.07 Å². The molecule has 1 fully saturated rings. The predicted molar refractivity (Wildman–Crippen MR) is 61.4 cm³/mol. The molecule has 2 aliphatic rings. The third-order valence-corrected chi connectivity index (χ3v) is 5.01. The van der Waals surface area contributed by atoms with Gasteiger partial charge in [-0.25, -0.2) is 8.42 Å². The van der Waals surface area contributed by atoms with E-state index in [1.165, 1.54) is 4.90 Å². The molecule has 0 aromatic heterocycles. The van der Waals surface area contributed by atoms with Gasteiger partial charge in [0.25, 0.3) is 0 Å². The van der Waals surface area contributed by atoms with Crippen molar-refractivity contribution in [2.75, 3.05) is 6.54 Å². The molecule has 1 atom stereocenters. The van der Waals surface area contributed by atoms with Crippen molar-refractivity contribution in [2.45, 2.75) is 30.9 Å². The Morgan fingerprint density at radius 3 is 2.65 bits per heavy atom. The molecule has 0 saturated carbocycles. The van der Waals surface area contributed by atoms with Crippen LogP contribution in [0.15, 0.2) is 11.3 Å². The molecule has 1 heterocycles. The fourth-order valence-corrected chi connectivity index (χ4v) is 3.30. The summed E-state index contributed by atoms with van der Waals surface area (Å²) < 4.78 is 22.4. The van der Waals surface area contributed by atoms with Gasteiger partial charge in [0.05, 0.1) is 6.07 Å². The summed E-state index contributed by atoms with van der Waals surface area (Å²) in [5.41, 5.74) is 1.27. The van der Waals surface area contributed by atoms with Crippen LogP contribution in [-0.2, 0) is 13.8 Å². The lowest BCUT2D eigenvalue weighted by Gasteiger charge is -2.17. The van der Waals surface area contributed by atoms with E-state index in [4.69, 9.17) is 15.9 Å². The molecule has 0 aromatic carbocycles. The number of carbonyl (C=O) groups excluding carboxylic acids is 1. The summed E-state index contributed by atoms with van der Waals surface area (Å²) in [6.07, 6.45) is 2.06. The van der Waals surface area contributed by atoms with E-state index in [0.29, 0.717) is 24.1 Å².